The molecule has 2 N–H and O–H groups in total. The first-order chi connectivity index (χ1) is 16.0. The SMILES string of the molecule is CCOC(=O)C1=C(CSc2nc3sc4c(c3c(=O)n2CCOC)CCC4)NC(=O)NC1CC. The molecule has 3 heterocycles. The summed E-state index contributed by atoms with van der Waals surface area (Å²) in [5.41, 5.74) is 1.97. The van der Waals surface area contributed by atoms with Gasteiger partial charge in [-0.2, -0.15) is 0 Å². The average molecular weight is 493 g/mol. The molecule has 4 rings (SSSR count). The zero-order chi connectivity index (χ0) is 23.5. The Bertz CT molecular complexity index is 1170. The van der Waals surface area contributed by atoms with Crippen molar-refractivity contribution in [3.8, 4) is 0 Å². The number of aromatic nitrogens is 2. The minimum Gasteiger partial charge on any atom is -0.463 e. The molecule has 0 saturated heterocycles. The molecule has 2 aromatic heterocycles. The molecule has 178 valence electrons. The van der Waals surface area contributed by atoms with E-state index >= 15 is 0 Å². The highest BCUT2D eigenvalue weighted by Gasteiger charge is 2.32. The standard InChI is InChI=1S/C22H28N4O5S2/c1-4-13-17(20(28)31-5-2)14(24-21(29)23-13)11-32-22-25-18-16(12-7-6-8-15(12)33-18)19(27)26(22)9-10-30-3/h13H,4-11H2,1-3H3,(H2,23,24,29). The fourth-order valence-electron chi connectivity index (χ4n) is 4.26. The monoisotopic (exact) mass is 492 g/mol. The molecule has 1 aliphatic carbocycles. The lowest BCUT2D eigenvalue weighted by Crippen LogP contribution is -2.50. The molecule has 0 bridgehead atoms. The highest BCUT2D eigenvalue weighted by molar-refractivity contribution is 7.99. The third kappa shape index (κ3) is 4.67. The smallest absolute Gasteiger partial charge is 0.337 e. The highest BCUT2D eigenvalue weighted by atomic mass is 32.2. The van der Waals surface area contributed by atoms with Crippen molar-refractivity contribution in [1.82, 2.24) is 20.2 Å². The Morgan fingerprint density at radius 1 is 1.30 bits per heavy atom. The Morgan fingerprint density at radius 2 is 2.12 bits per heavy atom. The van der Waals surface area contributed by atoms with E-state index in [1.807, 2.05) is 6.92 Å². The first kappa shape index (κ1) is 23.8. The molecule has 9 nitrogen and oxygen atoms in total. The van der Waals surface area contributed by atoms with Crippen LogP contribution in [-0.4, -0.2) is 53.7 Å². The number of urea groups is 1. The van der Waals surface area contributed by atoms with Crippen LogP contribution in [0.1, 0.15) is 37.1 Å². The average Bonchev–Trinajstić information content (AvgIpc) is 3.37. The van der Waals surface area contributed by atoms with Gasteiger partial charge < -0.3 is 20.1 Å². The maximum Gasteiger partial charge on any atom is 0.337 e. The molecule has 0 spiro atoms. The second kappa shape index (κ2) is 10.3. The minimum absolute atomic E-state index is 0.0562. The van der Waals surface area contributed by atoms with E-state index in [-0.39, 0.29) is 24.0 Å². The van der Waals surface area contributed by atoms with Gasteiger partial charge in [0, 0.05) is 23.4 Å². The number of esters is 1. The van der Waals surface area contributed by atoms with E-state index in [4.69, 9.17) is 14.5 Å². The maximum absolute atomic E-state index is 13.4. The van der Waals surface area contributed by atoms with E-state index in [1.165, 1.54) is 16.6 Å². The number of methoxy groups -OCH3 is 1. The van der Waals surface area contributed by atoms with Crippen molar-refractivity contribution in [2.75, 3.05) is 26.1 Å². The van der Waals surface area contributed by atoms with Gasteiger partial charge in [0.05, 0.1) is 36.8 Å². The summed E-state index contributed by atoms with van der Waals surface area (Å²) < 4.78 is 12.1. The van der Waals surface area contributed by atoms with Crippen LogP contribution in [0.4, 0.5) is 4.79 Å². The number of hydrogen-bond donors (Lipinski definition) is 2. The van der Waals surface area contributed by atoms with Gasteiger partial charge in [-0.25, -0.2) is 14.6 Å². The second-order valence-corrected chi connectivity index (χ2v) is 9.87. The van der Waals surface area contributed by atoms with E-state index in [0.29, 0.717) is 36.0 Å². The normalized spacial score (nSPS) is 17.8. The van der Waals surface area contributed by atoms with Crippen molar-refractivity contribution in [3.63, 3.8) is 0 Å². The lowest BCUT2D eigenvalue weighted by Gasteiger charge is -2.28. The van der Waals surface area contributed by atoms with Crippen LogP contribution in [-0.2, 0) is 33.7 Å². The predicted molar refractivity (Wildman–Crippen MR) is 128 cm³/mol. The molecule has 2 aliphatic rings. The minimum atomic E-state index is -0.456. The van der Waals surface area contributed by atoms with Gasteiger partial charge in [0.15, 0.2) is 5.16 Å². The molecule has 2 aromatic rings. The molecule has 33 heavy (non-hydrogen) atoms. The quantitative estimate of drug-likeness (QED) is 0.314. The molecule has 0 saturated carbocycles. The van der Waals surface area contributed by atoms with Gasteiger partial charge in [-0.15, -0.1) is 11.3 Å². The van der Waals surface area contributed by atoms with Gasteiger partial charge in [-0.05, 0) is 38.2 Å². The number of nitrogens with zero attached hydrogens (tertiary/aromatic N) is 2. The van der Waals surface area contributed by atoms with Crippen LogP contribution in [0.5, 0.6) is 0 Å². The van der Waals surface area contributed by atoms with Gasteiger partial charge in [0.25, 0.3) is 5.56 Å². The number of rotatable bonds is 9. The summed E-state index contributed by atoms with van der Waals surface area (Å²) in [4.78, 5) is 45.1. The summed E-state index contributed by atoms with van der Waals surface area (Å²) >= 11 is 2.91. The third-order valence-electron chi connectivity index (χ3n) is 5.80. The van der Waals surface area contributed by atoms with Gasteiger partial charge in [0.1, 0.15) is 4.83 Å². The number of ether oxygens (including phenoxy) is 2. The first-order valence-corrected chi connectivity index (χ1v) is 12.9. The number of thioether (sulfide) groups is 1. The van der Waals surface area contributed by atoms with Gasteiger partial charge >= 0.3 is 12.0 Å². The molecule has 1 aliphatic heterocycles. The van der Waals surface area contributed by atoms with Crippen molar-refractivity contribution in [1.29, 1.82) is 0 Å². The lowest BCUT2D eigenvalue weighted by atomic mass is 10.0. The number of carbonyl (C=O) groups excluding carboxylic acids is 2. The van der Waals surface area contributed by atoms with Crippen molar-refractivity contribution in [2.24, 2.45) is 0 Å². The largest absolute Gasteiger partial charge is 0.463 e. The first-order valence-electron chi connectivity index (χ1n) is 11.1. The van der Waals surface area contributed by atoms with Crippen LogP contribution in [0.25, 0.3) is 10.2 Å². The number of amides is 2. The Morgan fingerprint density at radius 3 is 2.85 bits per heavy atom. The topological polar surface area (TPSA) is 112 Å². The number of nitrogens with one attached hydrogen (secondary N) is 2. The number of fused-ring (bicyclic) bond motifs is 3. The number of hydrogen-bond acceptors (Lipinski definition) is 8. The van der Waals surface area contributed by atoms with Crippen molar-refractivity contribution in [3.05, 3.63) is 32.1 Å². The zero-order valence-electron chi connectivity index (χ0n) is 19.0. The zero-order valence-corrected chi connectivity index (χ0v) is 20.6. The molecule has 0 radical (unpaired) electrons. The van der Waals surface area contributed by atoms with E-state index in [2.05, 4.69) is 10.6 Å². The van der Waals surface area contributed by atoms with Crippen molar-refractivity contribution < 1.29 is 19.1 Å². The van der Waals surface area contributed by atoms with Crippen LogP contribution in [0.15, 0.2) is 21.2 Å². The Kier molecular flexibility index (Phi) is 7.40. The van der Waals surface area contributed by atoms with Crippen LogP contribution in [0.2, 0.25) is 0 Å². The molecule has 1 unspecified atom stereocenters. The molecule has 1 atom stereocenters. The molecule has 11 heteroatoms. The predicted octanol–water partition coefficient (Wildman–Crippen LogP) is 2.59. The van der Waals surface area contributed by atoms with Crippen molar-refractivity contribution >= 4 is 45.3 Å². The number of carbonyl (C=O) groups is 2. The summed E-state index contributed by atoms with van der Waals surface area (Å²) in [6.45, 7) is 4.64. The Hall–Kier alpha value is -2.37. The van der Waals surface area contributed by atoms with Crippen LogP contribution in [0, 0.1) is 0 Å². The van der Waals surface area contributed by atoms with Crippen LogP contribution < -0.4 is 16.2 Å². The Labute approximate surface area is 199 Å². The fourth-order valence-corrected chi connectivity index (χ4v) is 6.56. The molecular weight excluding hydrogens is 464 g/mol. The summed E-state index contributed by atoms with van der Waals surface area (Å²) in [6.07, 6.45) is 3.53. The fraction of sp³-hybridized carbons (Fsp3) is 0.545. The van der Waals surface area contributed by atoms with E-state index in [9.17, 15) is 14.4 Å². The summed E-state index contributed by atoms with van der Waals surface area (Å²) in [7, 11) is 1.60. The maximum atomic E-state index is 13.4. The van der Waals surface area contributed by atoms with E-state index in [0.717, 1.165) is 35.0 Å². The molecular formula is C22H28N4O5S2. The van der Waals surface area contributed by atoms with E-state index < -0.39 is 12.0 Å². The van der Waals surface area contributed by atoms with E-state index in [1.54, 1.807) is 29.9 Å². The lowest BCUT2D eigenvalue weighted by molar-refractivity contribution is -0.139. The van der Waals surface area contributed by atoms with Gasteiger partial charge in [0.2, 0.25) is 0 Å². The van der Waals surface area contributed by atoms with Gasteiger partial charge in [-0.3, -0.25) is 9.36 Å². The summed E-state index contributed by atoms with van der Waals surface area (Å²) in [5.74, 6) is -0.184. The van der Waals surface area contributed by atoms with Crippen LogP contribution >= 0.6 is 23.1 Å². The second-order valence-electron chi connectivity index (χ2n) is 7.84. The molecule has 0 aromatic carbocycles. The van der Waals surface area contributed by atoms with Gasteiger partial charge in [-0.1, -0.05) is 18.7 Å². The molecule has 0 fully saturated rings. The third-order valence-corrected chi connectivity index (χ3v) is 7.99. The summed E-state index contributed by atoms with van der Waals surface area (Å²) in [6, 6.07) is -0.792. The highest BCUT2D eigenvalue weighted by Crippen LogP contribution is 2.36. The Balaban J connectivity index is 1.72. The van der Waals surface area contributed by atoms with Crippen LogP contribution in [0.3, 0.4) is 0 Å². The summed E-state index contributed by atoms with van der Waals surface area (Å²) in [5, 5.41) is 6.80. The van der Waals surface area contributed by atoms with Crippen molar-refractivity contribution in [2.45, 2.75) is 57.3 Å². The number of aryl methyl sites for hydroxylation is 2. The molecule has 2 amide bonds. The number of thiophene rings is 1.